The van der Waals surface area contributed by atoms with Crippen LogP contribution in [0.25, 0.3) is 0 Å². The molecule has 15 heavy (non-hydrogen) atoms. The van der Waals surface area contributed by atoms with Gasteiger partial charge in [0.05, 0.1) is 0 Å². The lowest BCUT2D eigenvalue weighted by Crippen LogP contribution is -2.25. The van der Waals surface area contributed by atoms with Crippen LogP contribution < -0.4 is 5.73 Å². The van der Waals surface area contributed by atoms with Crippen molar-refractivity contribution < 1.29 is 0 Å². The van der Waals surface area contributed by atoms with Gasteiger partial charge in [-0.15, -0.1) is 0 Å². The molecule has 1 rings (SSSR count). The first-order valence-corrected chi connectivity index (χ1v) is 6.81. The predicted molar refractivity (Wildman–Crippen MR) is 71.1 cm³/mol. The van der Waals surface area contributed by atoms with Gasteiger partial charge in [0.2, 0.25) is 0 Å². The third-order valence-electron chi connectivity index (χ3n) is 2.03. The summed E-state index contributed by atoms with van der Waals surface area (Å²) in [5.41, 5.74) is 7.06. The molecule has 0 amide bonds. The van der Waals surface area contributed by atoms with Crippen molar-refractivity contribution in [3.05, 3.63) is 33.8 Å². The van der Waals surface area contributed by atoms with Gasteiger partial charge in [0.25, 0.3) is 0 Å². The Morgan fingerprint density at radius 2 is 2.13 bits per heavy atom. The van der Waals surface area contributed by atoms with E-state index in [0.29, 0.717) is 10.0 Å². The van der Waals surface area contributed by atoms with Crippen LogP contribution in [0.3, 0.4) is 0 Å². The third kappa shape index (κ3) is 4.64. The minimum atomic E-state index is 0.161. The minimum Gasteiger partial charge on any atom is -0.327 e. The first-order chi connectivity index (χ1) is 7.13. The molecule has 0 bridgehead atoms. The molecule has 84 valence electrons. The van der Waals surface area contributed by atoms with Crippen molar-refractivity contribution in [2.75, 3.05) is 11.5 Å². The fourth-order valence-corrected chi connectivity index (χ4v) is 2.44. The van der Waals surface area contributed by atoms with Gasteiger partial charge in [-0.2, -0.15) is 11.8 Å². The molecule has 1 aromatic carbocycles. The fraction of sp³-hybridized carbons (Fsp3) is 0.455. The Balaban J connectivity index is 2.56. The minimum absolute atomic E-state index is 0.161. The Morgan fingerprint density at radius 1 is 1.40 bits per heavy atom. The molecule has 1 atom stereocenters. The lowest BCUT2D eigenvalue weighted by molar-refractivity contribution is 0.749. The van der Waals surface area contributed by atoms with Gasteiger partial charge < -0.3 is 5.73 Å². The zero-order valence-corrected chi connectivity index (χ0v) is 11.0. The lowest BCUT2D eigenvalue weighted by atomic mass is 10.1. The maximum Gasteiger partial charge on any atom is 0.0453 e. The zero-order chi connectivity index (χ0) is 11.3. The van der Waals surface area contributed by atoms with Crippen molar-refractivity contribution in [1.82, 2.24) is 0 Å². The molecule has 4 heteroatoms. The number of rotatable bonds is 5. The lowest BCUT2D eigenvalue weighted by Gasteiger charge is -2.11. The van der Waals surface area contributed by atoms with Gasteiger partial charge in [-0.05, 0) is 29.9 Å². The molecule has 0 aliphatic rings. The third-order valence-corrected chi connectivity index (χ3v) is 3.69. The van der Waals surface area contributed by atoms with Gasteiger partial charge in [0, 0.05) is 21.8 Å². The highest BCUT2D eigenvalue weighted by Crippen LogP contribution is 2.22. The second-order valence-electron chi connectivity index (χ2n) is 3.36. The van der Waals surface area contributed by atoms with E-state index < -0.39 is 0 Å². The summed E-state index contributed by atoms with van der Waals surface area (Å²) in [6.07, 6.45) is 0.809. The van der Waals surface area contributed by atoms with E-state index in [1.165, 1.54) is 0 Å². The van der Waals surface area contributed by atoms with Crippen molar-refractivity contribution in [3.63, 3.8) is 0 Å². The molecule has 0 aliphatic heterocycles. The molecule has 0 aliphatic carbocycles. The summed E-state index contributed by atoms with van der Waals surface area (Å²) in [4.78, 5) is 0. The summed E-state index contributed by atoms with van der Waals surface area (Å²) < 4.78 is 0. The fourth-order valence-electron chi connectivity index (χ4n) is 1.30. The molecule has 1 aromatic rings. The Kier molecular flexibility index (Phi) is 5.83. The number of hydrogen-bond donors (Lipinski definition) is 1. The number of benzene rings is 1. The summed E-state index contributed by atoms with van der Waals surface area (Å²) in [5.74, 6) is 2.07. The van der Waals surface area contributed by atoms with Crippen LogP contribution in [0.15, 0.2) is 18.2 Å². The molecule has 0 saturated carbocycles. The molecule has 0 spiro atoms. The first kappa shape index (κ1) is 13.2. The zero-order valence-electron chi connectivity index (χ0n) is 8.67. The molecule has 0 aromatic heterocycles. The van der Waals surface area contributed by atoms with Crippen molar-refractivity contribution in [1.29, 1.82) is 0 Å². The first-order valence-electron chi connectivity index (χ1n) is 4.90. The van der Waals surface area contributed by atoms with Gasteiger partial charge in [0.1, 0.15) is 0 Å². The Labute approximate surface area is 105 Å². The van der Waals surface area contributed by atoms with Crippen LogP contribution in [0, 0.1) is 0 Å². The maximum absolute atomic E-state index is 6.06. The standard InChI is InChI=1S/C11H15Cl2NS/c1-2-15-7-10(14)5-8-3-4-9(12)6-11(8)13/h3-4,6,10H,2,5,7,14H2,1H3. The highest BCUT2D eigenvalue weighted by atomic mass is 35.5. The van der Waals surface area contributed by atoms with E-state index in [1.807, 2.05) is 23.9 Å². The normalized spacial score (nSPS) is 12.8. The SMILES string of the molecule is CCSCC(N)Cc1ccc(Cl)cc1Cl. The van der Waals surface area contributed by atoms with E-state index in [-0.39, 0.29) is 6.04 Å². The molecule has 1 nitrogen and oxygen atoms in total. The van der Waals surface area contributed by atoms with Crippen LogP contribution in [0.4, 0.5) is 0 Å². The van der Waals surface area contributed by atoms with Crippen molar-refractivity contribution in [2.24, 2.45) is 5.73 Å². The van der Waals surface area contributed by atoms with E-state index >= 15 is 0 Å². The van der Waals surface area contributed by atoms with Gasteiger partial charge in [-0.1, -0.05) is 36.2 Å². The number of thioether (sulfide) groups is 1. The molecule has 1 unspecified atom stereocenters. The van der Waals surface area contributed by atoms with Crippen LogP contribution in [0.1, 0.15) is 12.5 Å². The van der Waals surface area contributed by atoms with Gasteiger partial charge in [-0.25, -0.2) is 0 Å². The van der Waals surface area contributed by atoms with Crippen LogP contribution in [0.5, 0.6) is 0 Å². The summed E-state index contributed by atoms with van der Waals surface area (Å²) in [6, 6.07) is 5.72. The topological polar surface area (TPSA) is 26.0 Å². The highest BCUT2D eigenvalue weighted by Gasteiger charge is 2.07. The Bertz CT molecular complexity index is 317. The summed E-state index contributed by atoms with van der Waals surface area (Å²) >= 11 is 13.7. The van der Waals surface area contributed by atoms with Crippen LogP contribution in [-0.2, 0) is 6.42 Å². The van der Waals surface area contributed by atoms with Gasteiger partial charge >= 0.3 is 0 Å². The molecule has 0 heterocycles. The Hall–Kier alpha value is 0.110. The molecule has 0 saturated heterocycles. The summed E-state index contributed by atoms with van der Waals surface area (Å²) in [7, 11) is 0. The van der Waals surface area contributed by atoms with Crippen molar-refractivity contribution in [3.8, 4) is 0 Å². The van der Waals surface area contributed by atoms with Crippen LogP contribution >= 0.6 is 35.0 Å². The van der Waals surface area contributed by atoms with E-state index in [1.54, 1.807) is 6.07 Å². The number of hydrogen-bond acceptors (Lipinski definition) is 2. The summed E-state index contributed by atoms with van der Waals surface area (Å²) in [5, 5.41) is 1.37. The quantitative estimate of drug-likeness (QED) is 0.879. The smallest absolute Gasteiger partial charge is 0.0453 e. The van der Waals surface area contributed by atoms with Crippen molar-refractivity contribution in [2.45, 2.75) is 19.4 Å². The number of nitrogens with two attached hydrogens (primary N) is 1. The number of halogens is 2. The second-order valence-corrected chi connectivity index (χ2v) is 5.52. The maximum atomic E-state index is 6.06. The monoisotopic (exact) mass is 263 g/mol. The largest absolute Gasteiger partial charge is 0.327 e. The van der Waals surface area contributed by atoms with Crippen LogP contribution in [0.2, 0.25) is 10.0 Å². The van der Waals surface area contributed by atoms with E-state index in [2.05, 4.69) is 6.92 Å². The summed E-state index contributed by atoms with van der Waals surface area (Å²) in [6.45, 7) is 2.13. The molecular weight excluding hydrogens is 249 g/mol. The highest BCUT2D eigenvalue weighted by molar-refractivity contribution is 7.99. The second kappa shape index (κ2) is 6.64. The van der Waals surface area contributed by atoms with E-state index in [0.717, 1.165) is 23.5 Å². The van der Waals surface area contributed by atoms with E-state index in [9.17, 15) is 0 Å². The van der Waals surface area contributed by atoms with Crippen molar-refractivity contribution >= 4 is 35.0 Å². The average molecular weight is 264 g/mol. The predicted octanol–water partition coefficient (Wildman–Crippen LogP) is 3.62. The Morgan fingerprint density at radius 3 is 2.73 bits per heavy atom. The molecule has 0 fully saturated rings. The van der Waals surface area contributed by atoms with Gasteiger partial charge in [0.15, 0.2) is 0 Å². The van der Waals surface area contributed by atoms with E-state index in [4.69, 9.17) is 28.9 Å². The van der Waals surface area contributed by atoms with Gasteiger partial charge in [-0.3, -0.25) is 0 Å². The molecule has 0 radical (unpaired) electrons. The average Bonchev–Trinajstić information content (AvgIpc) is 2.19. The van der Waals surface area contributed by atoms with Crippen LogP contribution in [-0.4, -0.2) is 17.5 Å². The molecule has 2 N–H and O–H groups in total. The molecular formula is C11H15Cl2NS.